The molecule has 0 unspecified atom stereocenters. The summed E-state index contributed by atoms with van der Waals surface area (Å²) in [6.07, 6.45) is 3.25. The first kappa shape index (κ1) is 23.3. The number of rotatable bonds is 9. The first-order valence-corrected chi connectivity index (χ1v) is 11.9. The predicted molar refractivity (Wildman–Crippen MR) is 127 cm³/mol. The van der Waals surface area contributed by atoms with Gasteiger partial charge in [0.1, 0.15) is 5.75 Å². The van der Waals surface area contributed by atoms with Crippen LogP contribution < -0.4 is 15.4 Å². The van der Waals surface area contributed by atoms with Crippen LogP contribution in [-0.4, -0.2) is 66.8 Å². The van der Waals surface area contributed by atoms with Gasteiger partial charge in [-0.05, 0) is 61.9 Å². The zero-order valence-electron chi connectivity index (χ0n) is 19.2. The van der Waals surface area contributed by atoms with Crippen LogP contribution in [0.1, 0.15) is 51.6 Å². The van der Waals surface area contributed by atoms with Gasteiger partial charge in [-0.1, -0.05) is 24.3 Å². The average molecular weight is 452 g/mol. The number of amides is 2. The molecule has 0 aromatic heterocycles. The fourth-order valence-electron chi connectivity index (χ4n) is 4.60. The standard InChI is InChI=1S/C26H33N3O4/c1-2-33-24-15-20(26(32)29-11-5-6-12-29)9-10-23(24)25(31)28-17-22(30)16-27-21-13-18-7-3-4-8-19(18)14-21/h3-4,7-10,15,21-22,27,30H,2,5-6,11-14,16-17H2,1H3,(H,28,31)/t22-/m0/s1. The van der Waals surface area contributed by atoms with E-state index in [1.54, 1.807) is 18.2 Å². The van der Waals surface area contributed by atoms with Gasteiger partial charge in [-0.25, -0.2) is 0 Å². The second kappa shape index (κ2) is 10.8. The van der Waals surface area contributed by atoms with E-state index in [9.17, 15) is 14.7 Å². The van der Waals surface area contributed by atoms with Crippen molar-refractivity contribution in [1.82, 2.24) is 15.5 Å². The Labute approximate surface area is 195 Å². The number of ether oxygens (including phenoxy) is 1. The highest BCUT2D eigenvalue weighted by atomic mass is 16.5. The normalized spacial score (nSPS) is 16.5. The van der Waals surface area contributed by atoms with Gasteiger partial charge in [-0.2, -0.15) is 0 Å². The summed E-state index contributed by atoms with van der Waals surface area (Å²) in [7, 11) is 0. The first-order valence-electron chi connectivity index (χ1n) is 11.9. The summed E-state index contributed by atoms with van der Waals surface area (Å²) >= 11 is 0. The molecule has 1 aliphatic heterocycles. The summed E-state index contributed by atoms with van der Waals surface area (Å²) in [4.78, 5) is 27.3. The second-order valence-corrected chi connectivity index (χ2v) is 8.79. The molecule has 1 fully saturated rings. The van der Waals surface area contributed by atoms with Crippen molar-refractivity contribution < 1.29 is 19.4 Å². The Balaban J connectivity index is 1.29. The molecule has 2 aromatic rings. The van der Waals surface area contributed by atoms with Crippen LogP contribution in [0.2, 0.25) is 0 Å². The van der Waals surface area contributed by atoms with Crippen molar-refractivity contribution in [2.24, 2.45) is 0 Å². The zero-order chi connectivity index (χ0) is 23.2. The van der Waals surface area contributed by atoms with E-state index in [0.717, 1.165) is 38.8 Å². The molecular formula is C26H33N3O4. The number of carbonyl (C=O) groups is 2. The summed E-state index contributed by atoms with van der Waals surface area (Å²) in [5, 5.41) is 16.6. The number of fused-ring (bicyclic) bond motifs is 1. The SMILES string of the molecule is CCOc1cc(C(=O)N2CCCC2)ccc1C(=O)NC[C@@H](O)CNC1Cc2ccccc2C1. The largest absolute Gasteiger partial charge is 0.493 e. The number of nitrogens with one attached hydrogen (secondary N) is 2. The van der Waals surface area contributed by atoms with Crippen molar-refractivity contribution in [2.75, 3.05) is 32.8 Å². The van der Waals surface area contributed by atoms with E-state index in [4.69, 9.17) is 4.74 Å². The molecule has 176 valence electrons. The van der Waals surface area contributed by atoms with Crippen LogP contribution in [0.3, 0.4) is 0 Å². The fraction of sp³-hybridized carbons (Fsp3) is 0.462. The lowest BCUT2D eigenvalue weighted by atomic mass is 10.1. The summed E-state index contributed by atoms with van der Waals surface area (Å²) in [5.74, 6) is 0.0262. The van der Waals surface area contributed by atoms with Gasteiger partial charge in [-0.3, -0.25) is 9.59 Å². The number of hydrogen-bond donors (Lipinski definition) is 3. The van der Waals surface area contributed by atoms with Crippen LogP contribution in [0.15, 0.2) is 42.5 Å². The first-order chi connectivity index (χ1) is 16.0. The molecule has 0 bridgehead atoms. The number of aliphatic hydroxyl groups excluding tert-OH is 1. The van der Waals surface area contributed by atoms with Crippen molar-refractivity contribution in [3.05, 3.63) is 64.7 Å². The number of nitrogens with zero attached hydrogens (tertiary/aromatic N) is 1. The number of hydrogen-bond acceptors (Lipinski definition) is 5. The average Bonchev–Trinajstić information content (AvgIpc) is 3.51. The lowest BCUT2D eigenvalue weighted by Crippen LogP contribution is -2.41. The molecular weight excluding hydrogens is 418 g/mol. The molecule has 0 spiro atoms. The summed E-state index contributed by atoms with van der Waals surface area (Å²) in [5.41, 5.74) is 3.60. The lowest BCUT2D eigenvalue weighted by molar-refractivity contribution is 0.0791. The number of benzene rings is 2. The third-order valence-corrected chi connectivity index (χ3v) is 6.36. The quantitative estimate of drug-likeness (QED) is 0.544. The minimum absolute atomic E-state index is 0.0315. The van der Waals surface area contributed by atoms with E-state index in [0.29, 0.717) is 36.1 Å². The highest BCUT2D eigenvalue weighted by molar-refractivity contribution is 6.00. The number of carbonyl (C=O) groups excluding carboxylic acids is 2. The van der Waals surface area contributed by atoms with Gasteiger partial charge in [0.05, 0.1) is 18.3 Å². The molecule has 2 amide bonds. The molecule has 4 rings (SSSR count). The molecule has 7 heteroatoms. The fourth-order valence-corrected chi connectivity index (χ4v) is 4.60. The molecule has 1 atom stereocenters. The molecule has 33 heavy (non-hydrogen) atoms. The highest BCUT2D eigenvalue weighted by Crippen LogP contribution is 2.23. The van der Waals surface area contributed by atoms with Crippen LogP contribution in [0, 0.1) is 0 Å². The number of likely N-dealkylation sites (tertiary alicyclic amines) is 1. The summed E-state index contributed by atoms with van der Waals surface area (Å²) in [6.45, 7) is 4.30. The van der Waals surface area contributed by atoms with E-state index < -0.39 is 6.10 Å². The Hall–Kier alpha value is -2.90. The van der Waals surface area contributed by atoms with Crippen molar-refractivity contribution in [3.8, 4) is 5.75 Å². The second-order valence-electron chi connectivity index (χ2n) is 8.79. The lowest BCUT2D eigenvalue weighted by Gasteiger charge is -2.18. The van der Waals surface area contributed by atoms with Crippen molar-refractivity contribution >= 4 is 11.8 Å². The third-order valence-electron chi connectivity index (χ3n) is 6.36. The van der Waals surface area contributed by atoms with Crippen molar-refractivity contribution in [2.45, 2.75) is 44.8 Å². The Morgan fingerprint density at radius 3 is 2.45 bits per heavy atom. The van der Waals surface area contributed by atoms with E-state index in [-0.39, 0.29) is 18.4 Å². The Morgan fingerprint density at radius 1 is 1.09 bits per heavy atom. The smallest absolute Gasteiger partial charge is 0.255 e. The van der Waals surface area contributed by atoms with E-state index in [2.05, 4.69) is 34.9 Å². The maximum absolute atomic E-state index is 12.8. The summed E-state index contributed by atoms with van der Waals surface area (Å²) in [6, 6.07) is 13.7. The maximum atomic E-state index is 12.8. The van der Waals surface area contributed by atoms with Gasteiger partial charge < -0.3 is 25.4 Å². The molecule has 7 nitrogen and oxygen atoms in total. The van der Waals surface area contributed by atoms with Crippen LogP contribution in [0.25, 0.3) is 0 Å². The van der Waals surface area contributed by atoms with Gasteiger partial charge in [0.25, 0.3) is 11.8 Å². The molecule has 3 N–H and O–H groups in total. The molecule has 1 aliphatic carbocycles. The van der Waals surface area contributed by atoms with Gasteiger partial charge >= 0.3 is 0 Å². The molecule has 2 aromatic carbocycles. The van der Waals surface area contributed by atoms with Crippen LogP contribution in [-0.2, 0) is 12.8 Å². The minimum Gasteiger partial charge on any atom is -0.493 e. The van der Waals surface area contributed by atoms with E-state index in [1.165, 1.54) is 11.1 Å². The van der Waals surface area contributed by atoms with Crippen molar-refractivity contribution in [3.63, 3.8) is 0 Å². The van der Waals surface area contributed by atoms with Crippen LogP contribution >= 0.6 is 0 Å². The zero-order valence-corrected chi connectivity index (χ0v) is 19.2. The van der Waals surface area contributed by atoms with Crippen molar-refractivity contribution in [1.29, 1.82) is 0 Å². The molecule has 0 saturated carbocycles. The Kier molecular flexibility index (Phi) is 7.62. The predicted octanol–water partition coefficient (Wildman–Crippen LogP) is 2.17. The Bertz CT molecular complexity index is 962. The van der Waals surface area contributed by atoms with Crippen LogP contribution in [0.4, 0.5) is 0 Å². The molecule has 2 aliphatic rings. The van der Waals surface area contributed by atoms with Gasteiger partial charge in [-0.15, -0.1) is 0 Å². The Morgan fingerprint density at radius 2 is 1.79 bits per heavy atom. The molecule has 0 radical (unpaired) electrons. The maximum Gasteiger partial charge on any atom is 0.255 e. The van der Waals surface area contributed by atoms with E-state index in [1.807, 2.05) is 11.8 Å². The van der Waals surface area contributed by atoms with Gasteiger partial charge in [0.15, 0.2) is 0 Å². The molecule has 1 saturated heterocycles. The third kappa shape index (κ3) is 5.72. The minimum atomic E-state index is -0.704. The van der Waals surface area contributed by atoms with Gasteiger partial charge in [0, 0.05) is 37.8 Å². The topological polar surface area (TPSA) is 90.9 Å². The summed E-state index contributed by atoms with van der Waals surface area (Å²) < 4.78 is 5.66. The van der Waals surface area contributed by atoms with Gasteiger partial charge in [0.2, 0.25) is 0 Å². The van der Waals surface area contributed by atoms with E-state index >= 15 is 0 Å². The molecule has 1 heterocycles. The number of aliphatic hydroxyl groups is 1. The monoisotopic (exact) mass is 451 g/mol. The van der Waals surface area contributed by atoms with Crippen LogP contribution in [0.5, 0.6) is 5.75 Å². The highest BCUT2D eigenvalue weighted by Gasteiger charge is 2.23.